The molecule has 1 spiro atoms. The highest BCUT2D eigenvalue weighted by Crippen LogP contribution is 2.30. The van der Waals surface area contributed by atoms with Crippen molar-refractivity contribution in [3.05, 3.63) is 0 Å². The van der Waals surface area contributed by atoms with Gasteiger partial charge in [0.15, 0.2) is 5.60 Å². The van der Waals surface area contributed by atoms with Gasteiger partial charge in [0.2, 0.25) is 5.90 Å². The Balaban J connectivity index is 1.91. The molecule has 1 atom stereocenters. The Morgan fingerprint density at radius 2 is 2.46 bits per heavy atom. The third-order valence-corrected chi connectivity index (χ3v) is 2.39. The average molecular weight is 184 g/mol. The minimum atomic E-state index is -0.0930. The Kier molecular flexibility index (Phi) is 2.15. The number of nitrogens with one attached hydrogen (secondary N) is 1. The second kappa shape index (κ2) is 3.18. The molecule has 0 amide bonds. The fourth-order valence-electron chi connectivity index (χ4n) is 1.77. The standard InChI is InChI=1S/C9H16N2O2/c1-7(2)12-8-5-9(13-11-8)3-4-10-6-9/h7,10H,3-6H2,1-2H3. The molecule has 0 bridgehead atoms. The number of rotatable bonds is 1. The molecule has 2 heterocycles. The van der Waals surface area contributed by atoms with E-state index in [-0.39, 0.29) is 11.7 Å². The number of ether oxygens (including phenoxy) is 1. The minimum absolute atomic E-state index is 0.0930. The van der Waals surface area contributed by atoms with E-state index < -0.39 is 0 Å². The molecule has 0 aromatic rings. The van der Waals surface area contributed by atoms with E-state index >= 15 is 0 Å². The van der Waals surface area contributed by atoms with Crippen molar-refractivity contribution in [3.8, 4) is 0 Å². The summed E-state index contributed by atoms with van der Waals surface area (Å²) < 4.78 is 5.50. The molecule has 1 unspecified atom stereocenters. The van der Waals surface area contributed by atoms with Gasteiger partial charge in [-0.25, -0.2) is 0 Å². The minimum Gasteiger partial charge on any atom is -0.476 e. The van der Waals surface area contributed by atoms with Crippen molar-refractivity contribution < 1.29 is 9.57 Å². The third kappa shape index (κ3) is 1.77. The summed E-state index contributed by atoms with van der Waals surface area (Å²) in [4.78, 5) is 5.42. The van der Waals surface area contributed by atoms with Crippen LogP contribution in [0.15, 0.2) is 5.16 Å². The van der Waals surface area contributed by atoms with Gasteiger partial charge in [-0.3, -0.25) is 0 Å². The van der Waals surface area contributed by atoms with Gasteiger partial charge in [0.1, 0.15) is 0 Å². The highest BCUT2D eigenvalue weighted by Gasteiger charge is 2.42. The zero-order chi connectivity index (χ0) is 9.31. The fraction of sp³-hybridized carbons (Fsp3) is 0.889. The highest BCUT2D eigenvalue weighted by atomic mass is 16.7. The molecule has 2 rings (SSSR count). The summed E-state index contributed by atoms with van der Waals surface area (Å²) in [6.45, 7) is 5.91. The van der Waals surface area contributed by atoms with Crippen molar-refractivity contribution in [2.45, 2.75) is 38.4 Å². The maximum absolute atomic E-state index is 5.50. The number of hydrogen-bond acceptors (Lipinski definition) is 4. The van der Waals surface area contributed by atoms with Crippen molar-refractivity contribution >= 4 is 5.90 Å². The first kappa shape index (κ1) is 8.81. The summed E-state index contributed by atoms with van der Waals surface area (Å²) in [5.41, 5.74) is -0.0930. The van der Waals surface area contributed by atoms with Crippen LogP contribution in [0.4, 0.5) is 0 Å². The lowest BCUT2D eigenvalue weighted by atomic mass is 10.00. The topological polar surface area (TPSA) is 42.9 Å². The summed E-state index contributed by atoms with van der Waals surface area (Å²) in [7, 11) is 0. The smallest absolute Gasteiger partial charge is 0.230 e. The first-order valence-electron chi connectivity index (χ1n) is 4.83. The fourth-order valence-corrected chi connectivity index (χ4v) is 1.77. The van der Waals surface area contributed by atoms with E-state index in [9.17, 15) is 0 Å². The molecular weight excluding hydrogens is 168 g/mol. The van der Waals surface area contributed by atoms with Crippen molar-refractivity contribution in [2.24, 2.45) is 5.16 Å². The molecule has 2 aliphatic rings. The molecule has 1 N–H and O–H groups in total. The highest BCUT2D eigenvalue weighted by molar-refractivity contribution is 5.78. The summed E-state index contributed by atoms with van der Waals surface area (Å²) >= 11 is 0. The van der Waals surface area contributed by atoms with E-state index in [1.807, 2.05) is 13.8 Å². The van der Waals surface area contributed by atoms with Crippen LogP contribution < -0.4 is 5.32 Å². The lowest BCUT2D eigenvalue weighted by Gasteiger charge is -2.18. The van der Waals surface area contributed by atoms with Gasteiger partial charge in [0.05, 0.1) is 12.5 Å². The molecule has 13 heavy (non-hydrogen) atoms. The van der Waals surface area contributed by atoms with Gasteiger partial charge in [-0.2, -0.15) is 0 Å². The van der Waals surface area contributed by atoms with E-state index in [0.717, 1.165) is 31.8 Å². The van der Waals surface area contributed by atoms with Crippen molar-refractivity contribution in [2.75, 3.05) is 13.1 Å². The second-order valence-electron chi connectivity index (χ2n) is 4.03. The van der Waals surface area contributed by atoms with Gasteiger partial charge >= 0.3 is 0 Å². The lowest BCUT2D eigenvalue weighted by Crippen LogP contribution is -2.32. The molecule has 2 aliphatic heterocycles. The van der Waals surface area contributed by atoms with Gasteiger partial charge in [0.25, 0.3) is 0 Å². The van der Waals surface area contributed by atoms with Crippen LogP contribution in [0.1, 0.15) is 26.7 Å². The Morgan fingerprint density at radius 3 is 3.08 bits per heavy atom. The molecule has 0 aromatic heterocycles. The normalized spacial score (nSPS) is 32.4. The third-order valence-electron chi connectivity index (χ3n) is 2.39. The molecule has 1 saturated heterocycles. The number of oxime groups is 1. The summed E-state index contributed by atoms with van der Waals surface area (Å²) in [5.74, 6) is 0.749. The average Bonchev–Trinajstić information content (AvgIpc) is 2.63. The van der Waals surface area contributed by atoms with Crippen LogP contribution in [0.2, 0.25) is 0 Å². The lowest BCUT2D eigenvalue weighted by molar-refractivity contribution is -0.00194. The summed E-state index contributed by atoms with van der Waals surface area (Å²) in [5, 5.41) is 7.24. The monoisotopic (exact) mass is 184 g/mol. The van der Waals surface area contributed by atoms with E-state index in [4.69, 9.17) is 9.57 Å². The van der Waals surface area contributed by atoms with Gasteiger partial charge in [-0.15, -0.1) is 0 Å². The molecule has 0 saturated carbocycles. The molecule has 1 fully saturated rings. The van der Waals surface area contributed by atoms with Crippen LogP contribution in [0, 0.1) is 0 Å². The van der Waals surface area contributed by atoms with Gasteiger partial charge in [-0.1, -0.05) is 5.16 Å². The van der Waals surface area contributed by atoms with Crippen LogP contribution in [0.25, 0.3) is 0 Å². The summed E-state index contributed by atoms with van der Waals surface area (Å²) in [6.07, 6.45) is 2.03. The number of hydrogen-bond donors (Lipinski definition) is 1. The zero-order valence-corrected chi connectivity index (χ0v) is 8.17. The predicted octanol–water partition coefficient (Wildman–Crippen LogP) is 0.877. The van der Waals surface area contributed by atoms with E-state index in [1.165, 1.54) is 0 Å². The second-order valence-corrected chi connectivity index (χ2v) is 4.03. The predicted molar refractivity (Wildman–Crippen MR) is 49.6 cm³/mol. The molecule has 0 aromatic carbocycles. The Bertz CT molecular complexity index is 220. The molecule has 0 aliphatic carbocycles. The van der Waals surface area contributed by atoms with Crippen molar-refractivity contribution in [1.82, 2.24) is 5.32 Å². The van der Waals surface area contributed by atoms with Gasteiger partial charge in [-0.05, 0) is 20.4 Å². The van der Waals surface area contributed by atoms with E-state index in [1.54, 1.807) is 0 Å². The van der Waals surface area contributed by atoms with Gasteiger partial charge < -0.3 is 14.9 Å². The van der Waals surface area contributed by atoms with Crippen LogP contribution in [-0.2, 0) is 9.57 Å². The Labute approximate surface area is 78.3 Å². The molecule has 74 valence electrons. The Hall–Kier alpha value is -0.770. The molecule has 4 nitrogen and oxygen atoms in total. The first-order valence-corrected chi connectivity index (χ1v) is 4.83. The Morgan fingerprint density at radius 1 is 1.62 bits per heavy atom. The van der Waals surface area contributed by atoms with Crippen molar-refractivity contribution in [1.29, 1.82) is 0 Å². The SMILES string of the molecule is CC(C)OC1=NOC2(CCNC2)C1. The largest absolute Gasteiger partial charge is 0.476 e. The first-order chi connectivity index (χ1) is 6.20. The van der Waals surface area contributed by atoms with Crippen LogP contribution in [0.5, 0.6) is 0 Å². The van der Waals surface area contributed by atoms with E-state index in [2.05, 4.69) is 10.5 Å². The molecule has 4 heteroatoms. The maximum atomic E-state index is 5.50. The summed E-state index contributed by atoms with van der Waals surface area (Å²) in [6, 6.07) is 0. The van der Waals surface area contributed by atoms with Crippen molar-refractivity contribution in [3.63, 3.8) is 0 Å². The van der Waals surface area contributed by atoms with Crippen LogP contribution in [0.3, 0.4) is 0 Å². The van der Waals surface area contributed by atoms with Crippen LogP contribution >= 0.6 is 0 Å². The van der Waals surface area contributed by atoms with E-state index in [0.29, 0.717) is 0 Å². The quantitative estimate of drug-likeness (QED) is 0.657. The molecular formula is C9H16N2O2. The zero-order valence-electron chi connectivity index (χ0n) is 8.17. The van der Waals surface area contributed by atoms with Crippen LogP contribution in [-0.4, -0.2) is 30.7 Å². The number of nitrogens with zero attached hydrogens (tertiary/aromatic N) is 1. The maximum Gasteiger partial charge on any atom is 0.230 e. The molecule has 0 radical (unpaired) electrons. The van der Waals surface area contributed by atoms with Gasteiger partial charge in [0, 0.05) is 13.0 Å².